The van der Waals surface area contributed by atoms with Gasteiger partial charge in [-0.25, -0.2) is 0 Å². The molecule has 53 heavy (non-hydrogen) atoms. The van der Waals surface area contributed by atoms with Gasteiger partial charge < -0.3 is 19.1 Å². The highest BCUT2D eigenvalue weighted by atomic mass is 32.1. The lowest BCUT2D eigenvalue weighted by Gasteiger charge is -2.30. The number of carbonyl (C=O) groups excluding carboxylic acids is 1. The van der Waals surface area contributed by atoms with Gasteiger partial charge >= 0.3 is 0 Å². The molecule has 0 radical (unpaired) electrons. The molecule has 6 nitrogen and oxygen atoms in total. The van der Waals surface area contributed by atoms with Crippen molar-refractivity contribution < 1.29 is 19.0 Å². The van der Waals surface area contributed by atoms with Crippen molar-refractivity contribution in [1.29, 1.82) is 5.26 Å². The Morgan fingerprint density at radius 1 is 0.698 bits per heavy atom. The van der Waals surface area contributed by atoms with E-state index in [0.717, 1.165) is 27.5 Å². The first-order valence-corrected chi connectivity index (χ1v) is 18.6. The van der Waals surface area contributed by atoms with E-state index in [0.29, 0.717) is 29.6 Å². The molecular weight excluding hydrogens is 677 g/mol. The summed E-state index contributed by atoms with van der Waals surface area (Å²) in [6, 6.07) is 41.7. The van der Waals surface area contributed by atoms with Gasteiger partial charge in [0.25, 0.3) is 6.47 Å². The predicted octanol–water partition coefficient (Wildman–Crippen LogP) is 11.3. The third-order valence-electron chi connectivity index (χ3n) is 11.0. The zero-order valence-corrected chi connectivity index (χ0v) is 30.7. The molecule has 9 rings (SSSR count). The molecule has 2 aliphatic carbocycles. The Morgan fingerprint density at radius 3 is 1.75 bits per heavy atom. The number of allylic oxidation sites excluding steroid dienone is 1. The van der Waals surface area contributed by atoms with E-state index >= 15 is 0 Å². The summed E-state index contributed by atoms with van der Waals surface area (Å²) in [5.41, 5.74) is 14.3. The summed E-state index contributed by atoms with van der Waals surface area (Å²) in [6.07, 6.45) is 1.52. The molecule has 1 aromatic heterocycles. The van der Waals surface area contributed by atoms with Crippen LogP contribution in [0, 0.1) is 11.3 Å². The smallest absolute Gasteiger partial charge is 0.299 e. The summed E-state index contributed by atoms with van der Waals surface area (Å²) >= 11 is 1.43. The van der Waals surface area contributed by atoms with Crippen molar-refractivity contribution in [3.05, 3.63) is 142 Å². The van der Waals surface area contributed by atoms with Crippen molar-refractivity contribution >= 4 is 40.9 Å². The predicted molar refractivity (Wildman–Crippen MR) is 211 cm³/mol. The number of carbonyl (C=O) groups is 1. The Bertz CT molecular complexity index is 2430. The quantitative estimate of drug-likeness (QED) is 0.0932. The number of hydrogen-bond donors (Lipinski definition) is 0. The summed E-state index contributed by atoms with van der Waals surface area (Å²) in [6.45, 7) is 10.3. The molecule has 0 spiro atoms. The number of thiophene rings is 1. The fourth-order valence-corrected chi connectivity index (χ4v) is 9.52. The van der Waals surface area contributed by atoms with E-state index in [2.05, 4.69) is 142 Å². The Hall–Kier alpha value is -6.10. The zero-order chi connectivity index (χ0) is 36.5. The minimum atomic E-state index is -0.145. The van der Waals surface area contributed by atoms with Crippen LogP contribution < -0.4 is 14.4 Å². The number of hydrogen-bond acceptors (Lipinski definition) is 7. The van der Waals surface area contributed by atoms with Crippen LogP contribution in [0.2, 0.25) is 0 Å². The third-order valence-corrected chi connectivity index (χ3v) is 12.2. The average molecular weight is 713 g/mol. The molecule has 0 unspecified atom stereocenters. The molecule has 6 aromatic rings. The number of benzene rings is 5. The first-order chi connectivity index (χ1) is 25.7. The van der Waals surface area contributed by atoms with Gasteiger partial charge in [-0.1, -0.05) is 100 Å². The Morgan fingerprint density at radius 2 is 1.21 bits per heavy atom. The average Bonchev–Trinajstić information content (AvgIpc) is 3.74. The van der Waals surface area contributed by atoms with Crippen LogP contribution >= 0.6 is 11.3 Å². The van der Waals surface area contributed by atoms with Gasteiger partial charge in [-0.3, -0.25) is 4.79 Å². The molecule has 0 saturated carbocycles. The molecule has 0 bridgehead atoms. The third kappa shape index (κ3) is 5.08. The van der Waals surface area contributed by atoms with Crippen LogP contribution in [-0.4, -0.2) is 19.7 Å². The van der Waals surface area contributed by atoms with Gasteiger partial charge in [0, 0.05) is 34.0 Å². The van der Waals surface area contributed by atoms with Crippen molar-refractivity contribution in [2.45, 2.75) is 38.5 Å². The number of ether oxygens (including phenoxy) is 3. The van der Waals surface area contributed by atoms with Gasteiger partial charge in [0.1, 0.15) is 19.3 Å². The molecule has 0 N–H and O–H groups in total. The second-order valence-corrected chi connectivity index (χ2v) is 15.7. The minimum absolute atomic E-state index is 0.114. The molecule has 1 aliphatic heterocycles. The molecule has 2 heterocycles. The molecule has 5 aromatic carbocycles. The molecule has 0 atom stereocenters. The molecule has 0 fully saturated rings. The summed E-state index contributed by atoms with van der Waals surface area (Å²) in [5.74, 6) is 1.06. The topological polar surface area (TPSA) is 71.8 Å². The van der Waals surface area contributed by atoms with Crippen molar-refractivity contribution in [3.63, 3.8) is 0 Å². The molecule has 0 saturated heterocycles. The van der Waals surface area contributed by atoms with Gasteiger partial charge in [0.2, 0.25) is 5.76 Å². The van der Waals surface area contributed by atoms with E-state index in [1.165, 1.54) is 61.9 Å². The van der Waals surface area contributed by atoms with Crippen molar-refractivity contribution in [2.75, 3.05) is 18.1 Å². The van der Waals surface area contributed by atoms with Crippen LogP contribution in [0.5, 0.6) is 11.5 Å². The SMILES string of the molecule is CC1(C)c2ccccc2-c2ccc(N(c3ccc(-c4sc(/C=C(/C#N)OC=O)c5c4OCCO5)cc3)c3ccc4c(c3)C(C)(C)c3ccccc3-4)cc21. The van der Waals surface area contributed by atoms with E-state index in [1.54, 1.807) is 0 Å². The minimum Gasteiger partial charge on any atom is -0.485 e. The maximum atomic E-state index is 11.0. The Kier molecular flexibility index (Phi) is 7.58. The van der Waals surface area contributed by atoms with E-state index in [1.807, 2.05) is 6.07 Å². The van der Waals surface area contributed by atoms with Gasteiger partial charge in [0.05, 0.1) is 9.75 Å². The van der Waals surface area contributed by atoms with Crippen LogP contribution in [0.1, 0.15) is 54.8 Å². The van der Waals surface area contributed by atoms with Crippen LogP contribution in [0.25, 0.3) is 38.8 Å². The van der Waals surface area contributed by atoms with Crippen molar-refractivity contribution in [2.24, 2.45) is 0 Å². The molecule has 260 valence electrons. The van der Waals surface area contributed by atoms with Gasteiger partial charge in [-0.05, 0) is 86.5 Å². The first kappa shape index (κ1) is 32.8. The van der Waals surface area contributed by atoms with E-state index < -0.39 is 0 Å². The summed E-state index contributed by atoms with van der Waals surface area (Å²) in [7, 11) is 0. The molecular formula is C46H36N2O4S. The summed E-state index contributed by atoms with van der Waals surface area (Å²) in [5, 5.41) is 9.49. The molecule has 7 heteroatoms. The van der Waals surface area contributed by atoms with Gasteiger partial charge in [-0.15, -0.1) is 11.3 Å². The highest BCUT2D eigenvalue weighted by molar-refractivity contribution is 7.17. The number of fused-ring (bicyclic) bond motifs is 7. The zero-order valence-electron chi connectivity index (χ0n) is 29.9. The highest BCUT2D eigenvalue weighted by Crippen LogP contribution is 2.54. The fraction of sp³-hybridized carbons (Fsp3) is 0.174. The van der Waals surface area contributed by atoms with E-state index in [9.17, 15) is 10.1 Å². The number of rotatable bonds is 7. The number of nitrogens with zero attached hydrogens (tertiary/aromatic N) is 2. The van der Waals surface area contributed by atoms with E-state index in [-0.39, 0.29) is 23.1 Å². The molecule has 3 aliphatic rings. The van der Waals surface area contributed by atoms with Gasteiger partial charge in [0.15, 0.2) is 11.5 Å². The summed E-state index contributed by atoms with van der Waals surface area (Å²) < 4.78 is 17.0. The van der Waals surface area contributed by atoms with Crippen LogP contribution in [0.4, 0.5) is 17.1 Å². The van der Waals surface area contributed by atoms with Crippen LogP contribution in [0.15, 0.2) is 115 Å². The van der Waals surface area contributed by atoms with E-state index in [4.69, 9.17) is 14.2 Å². The largest absolute Gasteiger partial charge is 0.485 e. The lowest BCUT2D eigenvalue weighted by Crippen LogP contribution is -2.18. The second-order valence-electron chi connectivity index (χ2n) is 14.7. The number of anilines is 3. The second kappa shape index (κ2) is 12.3. The lowest BCUT2D eigenvalue weighted by molar-refractivity contribution is -0.124. The maximum absolute atomic E-state index is 11.0. The molecule has 0 amide bonds. The lowest BCUT2D eigenvalue weighted by atomic mass is 9.82. The van der Waals surface area contributed by atoms with Gasteiger partial charge in [-0.2, -0.15) is 5.26 Å². The standard InChI is InChI=1S/C46H36N2O4S/c1-45(2)37-11-7-5-9-33(37)35-19-17-30(23-39(35)45)48(31-18-20-36-34-10-6-8-12-38(34)46(3,4)40(36)24-31)29-15-13-28(14-16-29)44-43-42(50-21-22-51-43)41(53-44)25-32(26-47)52-27-49/h5-20,23-25,27H,21-22H2,1-4H3/b32-25-. The van der Waals surface area contributed by atoms with Crippen molar-refractivity contribution in [1.82, 2.24) is 0 Å². The normalized spacial score (nSPS) is 15.4. The van der Waals surface area contributed by atoms with Crippen LogP contribution in [-0.2, 0) is 20.4 Å². The monoisotopic (exact) mass is 712 g/mol. The highest BCUT2D eigenvalue weighted by Gasteiger charge is 2.38. The number of nitriles is 1. The first-order valence-electron chi connectivity index (χ1n) is 17.7. The van der Waals surface area contributed by atoms with Crippen molar-refractivity contribution in [3.8, 4) is 50.3 Å². The Balaban J connectivity index is 1.17. The Labute approximate surface area is 313 Å². The van der Waals surface area contributed by atoms with Crippen LogP contribution in [0.3, 0.4) is 0 Å². The maximum Gasteiger partial charge on any atom is 0.299 e. The summed E-state index contributed by atoms with van der Waals surface area (Å²) in [4.78, 5) is 14.9. The fourth-order valence-electron chi connectivity index (χ4n) is 8.39.